The summed E-state index contributed by atoms with van der Waals surface area (Å²) in [4.78, 5) is 31.3. The van der Waals surface area contributed by atoms with Gasteiger partial charge in [-0.05, 0) is 42.3 Å². The number of fused-ring (bicyclic) bond motifs is 7. The third-order valence-electron chi connectivity index (χ3n) is 5.81. The highest BCUT2D eigenvalue weighted by Crippen LogP contribution is 2.27. The van der Waals surface area contributed by atoms with Gasteiger partial charge >= 0.3 is 0 Å². The number of anilines is 1. The fraction of sp³-hybridized carbons (Fsp3) is 0.154. The number of nitriles is 1. The van der Waals surface area contributed by atoms with Gasteiger partial charge < -0.3 is 14.6 Å². The van der Waals surface area contributed by atoms with Crippen molar-refractivity contribution in [2.45, 2.75) is 25.4 Å². The Hall–Kier alpha value is -4.64. The molecule has 3 heterocycles. The molecule has 1 N–H and O–H groups in total. The molecule has 2 aromatic carbocycles. The van der Waals surface area contributed by atoms with Gasteiger partial charge in [0.2, 0.25) is 5.91 Å². The Bertz CT molecular complexity index is 1360. The number of nitrogens with zero attached hydrogens (tertiary/aromatic N) is 4. The Balaban J connectivity index is 1.54. The van der Waals surface area contributed by atoms with Crippen LogP contribution in [0.1, 0.15) is 28.8 Å². The highest BCUT2D eigenvalue weighted by Gasteiger charge is 2.30. The molecule has 2 aliphatic rings. The fourth-order valence-electron chi connectivity index (χ4n) is 4.05. The largest absolute Gasteiger partial charge is 0.464 e. The highest BCUT2D eigenvalue weighted by molar-refractivity contribution is 6.05. The van der Waals surface area contributed by atoms with Gasteiger partial charge in [0.25, 0.3) is 5.91 Å². The summed E-state index contributed by atoms with van der Waals surface area (Å²) >= 11 is 0. The number of rotatable bonds is 0. The molecule has 4 bridgehead atoms. The maximum atomic E-state index is 13.0. The van der Waals surface area contributed by atoms with Gasteiger partial charge in [-0.15, -0.1) is 0 Å². The number of carbonyl (C=O) groups is 2. The minimum absolute atomic E-state index is 0.207. The standard InChI is InChI=1S/C26H21N5O3/c27-14-20-6-5-18-13-24(20)34-12-10-19-3-1-2-4-23(19)31-11-9-22(26(31)33)29-25(32)8-7-21-15-28-17-30(21)16-18/h1-6,9-13,15,17,22H,7-8,16H2,(H,29,32)/t22-/m0/s1. The van der Waals surface area contributed by atoms with E-state index >= 15 is 0 Å². The summed E-state index contributed by atoms with van der Waals surface area (Å²) in [6.07, 6.45) is 10.7. The summed E-state index contributed by atoms with van der Waals surface area (Å²) in [5.41, 5.74) is 3.67. The molecule has 2 aliphatic heterocycles. The molecule has 1 atom stereocenters. The van der Waals surface area contributed by atoms with E-state index in [1.165, 1.54) is 11.2 Å². The van der Waals surface area contributed by atoms with Crippen molar-refractivity contribution >= 4 is 23.6 Å². The van der Waals surface area contributed by atoms with Crippen LogP contribution in [0.4, 0.5) is 5.69 Å². The lowest BCUT2D eigenvalue weighted by molar-refractivity contribution is -0.125. The number of carbonyl (C=O) groups excluding carboxylic acids is 2. The summed E-state index contributed by atoms with van der Waals surface area (Å²) in [6.45, 7) is 0.518. The van der Waals surface area contributed by atoms with Gasteiger partial charge in [0.15, 0.2) is 0 Å². The molecule has 8 nitrogen and oxygen atoms in total. The third kappa shape index (κ3) is 4.19. The molecule has 0 saturated carbocycles. The van der Waals surface area contributed by atoms with Crippen molar-refractivity contribution in [1.82, 2.24) is 14.9 Å². The van der Waals surface area contributed by atoms with E-state index in [0.29, 0.717) is 30.0 Å². The maximum Gasteiger partial charge on any atom is 0.257 e. The number of para-hydroxylation sites is 1. The van der Waals surface area contributed by atoms with Crippen molar-refractivity contribution in [3.8, 4) is 11.8 Å². The third-order valence-corrected chi connectivity index (χ3v) is 5.81. The zero-order valence-electron chi connectivity index (χ0n) is 18.2. The molecule has 0 saturated heterocycles. The number of imidazole rings is 1. The summed E-state index contributed by atoms with van der Waals surface area (Å²) in [7, 11) is 0. The first-order valence-corrected chi connectivity index (χ1v) is 10.9. The molecule has 3 aromatic rings. The van der Waals surface area contributed by atoms with Gasteiger partial charge in [0, 0.05) is 36.6 Å². The number of aromatic nitrogens is 2. The first-order valence-electron chi connectivity index (χ1n) is 10.9. The van der Waals surface area contributed by atoms with E-state index in [4.69, 9.17) is 4.74 Å². The molecule has 0 fully saturated rings. The van der Waals surface area contributed by atoms with Crippen LogP contribution >= 0.6 is 0 Å². The van der Waals surface area contributed by atoms with E-state index in [9.17, 15) is 14.9 Å². The first kappa shape index (κ1) is 21.2. The lowest BCUT2D eigenvalue weighted by Gasteiger charge is -2.19. The molecule has 2 amide bonds. The van der Waals surface area contributed by atoms with Gasteiger partial charge in [-0.25, -0.2) is 4.98 Å². The number of hydrogen-bond acceptors (Lipinski definition) is 5. The van der Waals surface area contributed by atoms with Crippen LogP contribution in [-0.4, -0.2) is 27.4 Å². The fourth-order valence-corrected chi connectivity index (χ4v) is 4.05. The van der Waals surface area contributed by atoms with Gasteiger partial charge in [-0.3, -0.25) is 14.5 Å². The number of hydrogen-bond donors (Lipinski definition) is 1. The molecule has 34 heavy (non-hydrogen) atoms. The minimum Gasteiger partial charge on any atom is -0.464 e. The molecule has 0 unspecified atom stereocenters. The van der Waals surface area contributed by atoms with Crippen molar-refractivity contribution in [2.24, 2.45) is 0 Å². The normalized spacial score (nSPS) is 17.6. The van der Waals surface area contributed by atoms with Crippen LogP contribution in [0.25, 0.3) is 6.08 Å². The van der Waals surface area contributed by atoms with Crippen molar-refractivity contribution in [3.63, 3.8) is 0 Å². The Labute approximate surface area is 196 Å². The van der Waals surface area contributed by atoms with Gasteiger partial charge in [-0.2, -0.15) is 5.26 Å². The number of aryl methyl sites for hydroxylation is 1. The van der Waals surface area contributed by atoms with E-state index in [2.05, 4.69) is 16.4 Å². The van der Waals surface area contributed by atoms with Crippen LogP contribution in [0.15, 0.2) is 73.5 Å². The van der Waals surface area contributed by atoms with Gasteiger partial charge in [0.1, 0.15) is 17.9 Å². The minimum atomic E-state index is -0.720. The number of ether oxygens (including phenoxy) is 1. The van der Waals surface area contributed by atoms with E-state index in [0.717, 1.165) is 16.8 Å². The number of amides is 2. The van der Waals surface area contributed by atoms with E-state index in [1.807, 2.05) is 41.0 Å². The van der Waals surface area contributed by atoms with E-state index in [-0.39, 0.29) is 18.2 Å². The van der Waals surface area contributed by atoms with Crippen LogP contribution < -0.4 is 15.0 Å². The molecule has 0 aliphatic carbocycles. The molecule has 1 aromatic heterocycles. The summed E-state index contributed by atoms with van der Waals surface area (Å²) in [6, 6.07) is 14.3. The molecule has 168 valence electrons. The highest BCUT2D eigenvalue weighted by atomic mass is 16.5. The molecule has 0 radical (unpaired) electrons. The second-order valence-corrected chi connectivity index (χ2v) is 8.03. The second-order valence-electron chi connectivity index (χ2n) is 8.03. The lowest BCUT2D eigenvalue weighted by atomic mass is 10.1. The van der Waals surface area contributed by atoms with Gasteiger partial charge in [-0.1, -0.05) is 24.3 Å². The van der Waals surface area contributed by atoms with Crippen molar-refractivity contribution < 1.29 is 14.3 Å². The van der Waals surface area contributed by atoms with Crippen molar-refractivity contribution in [1.29, 1.82) is 5.26 Å². The Kier molecular flexibility index (Phi) is 5.67. The molecular formula is C26H21N5O3. The number of nitrogens with one attached hydrogen (secondary N) is 1. The zero-order valence-corrected chi connectivity index (χ0v) is 18.2. The number of benzene rings is 2. The average molecular weight is 451 g/mol. The van der Waals surface area contributed by atoms with Crippen LogP contribution in [-0.2, 0) is 22.6 Å². The Morgan fingerprint density at radius 2 is 2.03 bits per heavy atom. The van der Waals surface area contributed by atoms with Crippen LogP contribution in [0.3, 0.4) is 0 Å². The lowest BCUT2D eigenvalue weighted by Crippen LogP contribution is -2.42. The smallest absolute Gasteiger partial charge is 0.257 e. The predicted octanol–water partition coefficient (Wildman–Crippen LogP) is 3.14. The summed E-state index contributed by atoms with van der Waals surface area (Å²) < 4.78 is 7.81. The van der Waals surface area contributed by atoms with Crippen LogP contribution in [0.5, 0.6) is 5.75 Å². The van der Waals surface area contributed by atoms with Crippen molar-refractivity contribution in [3.05, 3.63) is 95.9 Å². The predicted molar refractivity (Wildman–Crippen MR) is 125 cm³/mol. The maximum absolute atomic E-state index is 13.0. The monoisotopic (exact) mass is 451 g/mol. The average Bonchev–Trinajstić information content (AvgIpc) is 3.44. The Morgan fingerprint density at radius 1 is 1.15 bits per heavy atom. The van der Waals surface area contributed by atoms with E-state index in [1.54, 1.807) is 36.9 Å². The van der Waals surface area contributed by atoms with E-state index < -0.39 is 6.04 Å². The van der Waals surface area contributed by atoms with Crippen LogP contribution in [0.2, 0.25) is 0 Å². The Morgan fingerprint density at radius 3 is 2.91 bits per heavy atom. The summed E-state index contributed by atoms with van der Waals surface area (Å²) in [5.74, 6) is -0.00481. The first-order chi connectivity index (χ1) is 16.6. The van der Waals surface area contributed by atoms with Gasteiger partial charge in [0.05, 0.1) is 23.8 Å². The molecule has 5 rings (SSSR count). The summed E-state index contributed by atoms with van der Waals surface area (Å²) in [5, 5.41) is 12.3. The molecule has 8 heteroatoms. The topological polar surface area (TPSA) is 100 Å². The quantitative estimate of drug-likeness (QED) is 0.566. The molecule has 0 spiro atoms. The molecular weight excluding hydrogens is 430 g/mol. The van der Waals surface area contributed by atoms with Crippen LogP contribution in [0, 0.1) is 11.3 Å². The van der Waals surface area contributed by atoms with Crippen molar-refractivity contribution in [2.75, 3.05) is 4.90 Å². The second kappa shape index (κ2) is 9.08. The zero-order chi connectivity index (χ0) is 23.5. The SMILES string of the molecule is N#Cc1ccc2cc1OC=Cc1ccccc1N1C=C[C@H](NC(=O)CCc3cncn3C2)C1=O.